The van der Waals surface area contributed by atoms with Crippen LogP contribution in [0.5, 0.6) is 0 Å². The molecule has 0 radical (unpaired) electrons. The van der Waals surface area contributed by atoms with Crippen LogP contribution in [0.25, 0.3) is 0 Å². The lowest BCUT2D eigenvalue weighted by Crippen LogP contribution is -2.56. The molecule has 18 heavy (non-hydrogen) atoms. The van der Waals surface area contributed by atoms with Crippen molar-refractivity contribution in [1.29, 1.82) is 0 Å². The summed E-state index contributed by atoms with van der Waals surface area (Å²) in [7, 11) is -2.50. The van der Waals surface area contributed by atoms with Gasteiger partial charge in [0.05, 0.1) is 16.1 Å². The summed E-state index contributed by atoms with van der Waals surface area (Å²) >= 11 is 0. The first-order chi connectivity index (χ1) is 7.83. The van der Waals surface area contributed by atoms with Gasteiger partial charge >= 0.3 is 0 Å². The van der Waals surface area contributed by atoms with Crippen molar-refractivity contribution >= 4 is 26.5 Å². The molecule has 1 aromatic rings. The average Bonchev–Trinajstić information content (AvgIpc) is 2.12. The highest BCUT2D eigenvalue weighted by molar-refractivity contribution is 6.98. The van der Waals surface area contributed by atoms with Gasteiger partial charge in [-0.25, -0.2) is 0 Å². The Morgan fingerprint density at radius 1 is 0.722 bits per heavy atom. The van der Waals surface area contributed by atoms with Crippen molar-refractivity contribution in [3.05, 3.63) is 23.8 Å². The summed E-state index contributed by atoms with van der Waals surface area (Å²) in [6.45, 7) is 21.7. The van der Waals surface area contributed by atoms with E-state index in [2.05, 4.69) is 78.3 Å². The van der Waals surface area contributed by atoms with E-state index in [9.17, 15) is 0 Å². The lowest BCUT2D eigenvalue weighted by molar-refractivity contribution is 0.591. The monoisotopic (exact) mass is 278 g/mol. The van der Waals surface area contributed by atoms with E-state index in [1.807, 2.05) is 0 Å². The standard InChI is InChI=1S/C16H30Si2/c1-16(2,3)13-10-11-14(17(4,5)6)15(12-13)18(7,8)9/h10-12H,1-9H3. The SMILES string of the molecule is CC(C)(C)c1ccc([Si](C)(C)C)c([Si](C)(C)C)c1. The maximum atomic E-state index is 2.51. The van der Waals surface area contributed by atoms with Gasteiger partial charge in [-0.3, -0.25) is 0 Å². The van der Waals surface area contributed by atoms with E-state index in [-0.39, 0.29) is 5.41 Å². The molecule has 0 aromatic heterocycles. The molecule has 0 unspecified atom stereocenters. The number of benzene rings is 1. The minimum absolute atomic E-state index is 0.256. The van der Waals surface area contributed by atoms with Crippen LogP contribution in [0.2, 0.25) is 39.3 Å². The second-order valence-electron chi connectivity index (χ2n) is 8.51. The maximum absolute atomic E-state index is 2.51. The van der Waals surface area contributed by atoms with Gasteiger partial charge in [-0.05, 0) is 11.0 Å². The molecule has 0 N–H and O–H groups in total. The summed E-state index contributed by atoms with van der Waals surface area (Å²) in [4.78, 5) is 0. The number of rotatable bonds is 2. The highest BCUT2D eigenvalue weighted by Gasteiger charge is 2.28. The van der Waals surface area contributed by atoms with E-state index in [0.29, 0.717) is 0 Å². The van der Waals surface area contributed by atoms with E-state index in [0.717, 1.165) is 0 Å². The first-order valence-electron chi connectivity index (χ1n) is 6.99. The number of hydrogen-bond donors (Lipinski definition) is 0. The van der Waals surface area contributed by atoms with E-state index in [1.165, 1.54) is 5.56 Å². The van der Waals surface area contributed by atoms with Crippen LogP contribution in [-0.2, 0) is 5.41 Å². The highest BCUT2D eigenvalue weighted by Crippen LogP contribution is 2.22. The molecule has 0 spiro atoms. The zero-order valence-electron chi connectivity index (χ0n) is 13.7. The van der Waals surface area contributed by atoms with E-state index < -0.39 is 16.1 Å². The third-order valence-corrected chi connectivity index (χ3v) is 7.83. The molecule has 0 heterocycles. The van der Waals surface area contributed by atoms with Gasteiger partial charge in [0.1, 0.15) is 0 Å². The molecular formula is C16H30Si2. The van der Waals surface area contributed by atoms with Crippen LogP contribution in [-0.4, -0.2) is 16.1 Å². The third-order valence-electron chi connectivity index (χ3n) is 3.50. The largest absolute Gasteiger partial charge is 0.0774 e. The third kappa shape index (κ3) is 3.58. The molecule has 0 bridgehead atoms. The van der Waals surface area contributed by atoms with Crippen molar-refractivity contribution in [3.8, 4) is 0 Å². The fraction of sp³-hybridized carbons (Fsp3) is 0.625. The Kier molecular flexibility index (Phi) is 4.05. The van der Waals surface area contributed by atoms with Crippen molar-refractivity contribution in [2.75, 3.05) is 0 Å². The molecule has 0 aliphatic rings. The Morgan fingerprint density at radius 2 is 1.17 bits per heavy atom. The lowest BCUT2D eigenvalue weighted by atomic mass is 9.87. The Balaban J connectivity index is 3.50. The molecule has 2 heteroatoms. The Hall–Kier alpha value is -0.346. The molecule has 0 aliphatic carbocycles. The minimum Gasteiger partial charge on any atom is -0.0656 e. The van der Waals surface area contributed by atoms with Gasteiger partial charge in [-0.15, -0.1) is 0 Å². The van der Waals surface area contributed by atoms with E-state index >= 15 is 0 Å². The summed E-state index contributed by atoms with van der Waals surface area (Å²) in [6.07, 6.45) is 0. The second-order valence-corrected chi connectivity index (χ2v) is 18.6. The van der Waals surface area contributed by atoms with Crippen molar-refractivity contribution < 1.29 is 0 Å². The van der Waals surface area contributed by atoms with Crippen molar-refractivity contribution in [1.82, 2.24) is 0 Å². The Morgan fingerprint density at radius 3 is 1.50 bits per heavy atom. The van der Waals surface area contributed by atoms with Gasteiger partial charge in [-0.1, -0.05) is 88.6 Å². The fourth-order valence-electron chi connectivity index (χ4n) is 2.29. The summed E-state index contributed by atoms with van der Waals surface area (Å²) in [6, 6.07) is 7.30. The molecule has 1 aromatic carbocycles. The molecule has 0 saturated carbocycles. The molecule has 1 rings (SSSR count). The van der Waals surface area contributed by atoms with Crippen LogP contribution in [0.4, 0.5) is 0 Å². The quantitative estimate of drug-likeness (QED) is 0.715. The van der Waals surface area contributed by atoms with Gasteiger partial charge in [0.2, 0.25) is 0 Å². The molecule has 0 amide bonds. The van der Waals surface area contributed by atoms with Crippen molar-refractivity contribution in [2.45, 2.75) is 65.5 Å². The topological polar surface area (TPSA) is 0 Å². The van der Waals surface area contributed by atoms with Crippen LogP contribution in [0.1, 0.15) is 26.3 Å². The van der Waals surface area contributed by atoms with Crippen LogP contribution in [0.3, 0.4) is 0 Å². The van der Waals surface area contributed by atoms with Crippen molar-refractivity contribution in [2.24, 2.45) is 0 Å². The van der Waals surface area contributed by atoms with Crippen LogP contribution in [0.15, 0.2) is 18.2 Å². The van der Waals surface area contributed by atoms with Crippen LogP contribution < -0.4 is 10.4 Å². The molecular weight excluding hydrogens is 248 g/mol. The number of hydrogen-bond acceptors (Lipinski definition) is 0. The second kappa shape index (κ2) is 4.64. The van der Waals surface area contributed by atoms with Crippen molar-refractivity contribution in [3.63, 3.8) is 0 Å². The zero-order chi connectivity index (χ0) is 14.4. The van der Waals surface area contributed by atoms with Gasteiger partial charge in [0, 0.05) is 0 Å². The van der Waals surface area contributed by atoms with Gasteiger partial charge in [0.15, 0.2) is 0 Å². The smallest absolute Gasteiger partial charge is 0.0656 e. The first kappa shape index (κ1) is 15.7. The van der Waals surface area contributed by atoms with Crippen LogP contribution in [0, 0.1) is 0 Å². The Bertz CT molecular complexity index is 426. The summed E-state index contributed by atoms with van der Waals surface area (Å²) in [5, 5.41) is 3.36. The molecule has 0 nitrogen and oxygen atoms in total. The molecule has 0 fully saturated rings. The van der Waals surface area contributed by atoms with Gasteiger partial charge in [0.25, 0.3) is 0 Å². The fourth-order valence-corrected chi connectivity index (χ4v) is 7.48. The van der Waals surface area contributed by atoms with Crippen LogP contribution >= 0.6 is 0 Å². The first-order valence-corrected chi connectivity index (χ1v) is 14.0. The summed E-state index contributed by atoms with van der Waals surface area (Å²) < 4.78 is 0. The predicted octanol–water partition coefficient (Wildman–Crippen LogP) is 4.07. The summed E-state index contributed by atoms with van der Waals surface area (Å²) in [5.41, 5.74) is 1.74. The van der Waals surface area contributed by atoms with Gasteiger partial charge < -0.3 is 0 Å². The minimum atomic E-state index is -1.26. The van der Waals surface area contributed by atoms with Gasteiger partial charge in [-0.2, -0.15) is 0 Å². The average molecular weight is 279 g/mol. The Labute approximate surface area is 116 Å². The maximum Gasteiger partial charge on any atom is 0.0774 e. The molecule has 0 atom stereocenters. The zero-order valence-corrected chi connectivity index (χ0v) is 15.7. The normalized spacial score (nSPS) is 13.8. The molecule has 102 valence electrons. The highest BCUT2D eigenvalue weighted by atomic mass is 28.3. The predicted molar refractivity (Wildman–Crippen MR) is 91.1 cm³/mol. The molecule has 0 saturated heterocycles. The lowest BCUT2D eigenvalue weighted by Gasteiger charge is -2.30. The van der Waals surface area contributed by atoms with E-state index in [1.54, 1.807) is 10.4 Å². The summed E-state index contributed by atoms with van der Waals surface area (Å²) in [5.74, 6) is 0. The molecule has 0 aliphatic heterocycles. The van der Waals surface area contributed by atoms with E-state index in [4.69, 9.17) is 0 Å².